The Morgan fingerprint density at radius 2 is 0.514 bits per heavy atom. The zero-order chi connectivity index (χ0) is 50.7. The van der Waals surface area contributed by atoms with Gasteiger partial charge in [-0.2, -0.15) is 0 Å². The number of hydrogen-bond acceptors (Lipinski definition) is 6. The van der Waals surface area contributed by atoms with Gasteiger partial charge in [0.05, 0.1) is 0 Å². The molecular formula is C64H118O6. The Morgan fingerprint density at radius 3 is 0.800 bits per heavy atom. The number of hydrogen-bond donors (Lipinski definition) is 0. The Morgan fingerprint density at radius 1 is 0.286 bits per heavy atom. The van der Waals surface area contributed by atoms with E-state index >= 15 is 0 Å². The van der Waals surface area contributed by atoms with E-state index in [1.807, 2.05) is 0 Å². The molecule has 0 aliphatic carbocycles. The number of ether oxygens (including phenoxy) is 3. The number of allylic oxidation sites excluding steroid dienone is 6. The summed E-state index contributed by atoms with van der Waals surface area (Å²) in [5, 5.41) is 0. The lowest BCUT2D eigenvalue weighted by molar-refractivity contribution is -0.167. The van der Waals surface area contributed by atoms with E-state index in [4.69, 9.17) is 14.2 Å². The smallest absolute Gasteiger partial charge is 0.306 e. The molecule has 6 nitrogen and oxygen atoms in total. The molecule has 0 aliphatic heterocycles. The molecule has 0 radical (unpaired) electrons. The molecule has 0 aliphatic rings. The first-order chi connectivity index (χ1) is 34.5. The second-order valence-electron chi connectivity index (χ2n) is 21.0. The molecule has 0 bridgehead atoms. The van der Waals surface area contributed by atoms with Gasteiger partial charge in [0.15, 0.2) is 6.10 Å². The molecule has 0 amide bonds. The van der Waals surface area contributed by atoms with Crippen LogP contribution < -0.4 is 0 Å². The van der Waals surface area contributed by atoms with Crippen molar-refractivity contribution in [1.29, 1.82) is 0 Å². The van der Waals surface area contributed by atoms with Crippen LogP contribution in [0.4, 0.5) is 0 Å². The third kappa shape index (κ3) is 56.5. The standard InChI is InChI=1S/C64H118O6/c1-4-7-10-13-16-19-22-25-27-29-30-31-32-33-34-35-37-39-42-45-48-51-54-57-63(66)69-60-61(59-68-62(65)56-53-50-47-44-41-38-24-21-18-15-12-9-6-3)70-64(67)58-55-52-49-46-43-40-36-28-26-23-20-17-14-11-8-5-2/h22,25,29-30,32-33,61H,4-21,23-24,26-28,31,34-60H2,1-3H3/b25-22-,30-29-,33-32-. The van der Waals surface area contributed by atoms with Gasteiger partial charge in [-0.25, -0.2) is 0 Å². The number of esters is 3. The maximum Gasteiger partial charge on any atom is 0.306 e. The summed E-state index contributed by atoms with van der Waals surface area (Å²) in [6.45, 7) is 6.67. The summed E-state index contributed by atoms with van der Waals surface area (Å²) in [6, 6.07) is 0. The van der Waals surface area contributed by atoms with Gasteiger partial charge in [0, 0.05) is 19.3 Å². The summed E-state index contributed by atoms with van der Waals surface area (Å²) in [5.74, 6) is -0.854. The lowest BCUT2D eigenvalue weighted by atomic mass is 10.0. The van der Waals surface area contributed by atoms with Crippen molar-refractivity contribution in [1.82, 2.24) is 0 Å². The predicted molar refractivity (Wildman–Crippen MR) is 302 cm³/mol. The molecule has 1 unspecified atom stereocenters. The van der Waals surface area contributed by atoms with Crippen LogP contribution >= 0.6 is 0 Å². The van der Waals surface area contributed by atoms with E-state index in [9.17, 15) is 14.4 Å². The predicted octanol–water partition coefficient (Wildman–Crippen LogP) is 20.8. The summed E-state index contributed by atoms with van der Waals surface area (Å²) >= 11 is 0. The van der Waals surface area contributed by atoms with Gasteiger partial charge in [0.25, 0.3) is 0 Å². The lowest BCUT2D eigenvalue weighted by Gasteiger charge is -2.18. The van der Waals surface area contributed by atoms with E-state index in [1.165, 1.54) is 218 Å². The first kappa shape index (κ1) is 67.6. The fourth-order valence-electron chi connectivity index (χ4n) is 9.22. The molecule has 0 heterocycles. The molecule has 410 valence electrons. The molecule has 0 fully saturated rings. The van der Waals surface area contributed by atoms with E-state index in [0.29, 0.717) is 19.3 Å². The van der Waals surface area contributed by atoms with E-state index < -0.39 is 6.10 Å². The second kappa shape index (κ2) is 59.2. The first-order valence-corrected chi connectivity index (χ1v) is 31.0. The third-order valence-corrected chi connectivity index (χ3v) is 13.9. The molecule has 0 N–H and O–H groups in total. The second-order valence-corrected chi connectivity index (χ2v) is 21.0. The van der Waals surface area contributed by atoms with Crippen LogP contribution in [0.15, 0.2) is 36.5 Å². The minimum atomic E-state index is -0.771. The van der Waals surface area contributed by atoms with Gasteiger partial charge in [-0.3, -0.25) is 14.4 Å². The molecule has 0 aromatic carbocycles. The monoisotopic (exact) mass is 983 g/mol. The van der Waals surface area contributed by atoms with Crippen molar-refractivity contribution < 1.29 is 28.6 Å². The molecular weight excluding hydrogens is 865 g/mol. The summed E-state index contributed by atoms with van der Waals surface area (Å²) in [7, 11) is 0. The van der Waals surface area contributed by atoms with Crippen molar-refractivity contribution >= 4 is 17.9 Å². The zero-order valence-corrected chi connectivity index (χ0v) is 47.1. The van der Waals surface area contributed by atoms with Crippen molar-refractivity contribution in [3.63, 3.8) is 0 Å². The fraction of sp³-hybridized carbons (Fsp3) is 0.859. The molecule has 70 heavy (non-hydrogen) atoms. The van der Waals surface area contributed by atoms with Crippen molar-refractivity contribution in [2.24, 2.45) is 0 Å². The first-order valence-electron chi connectivity index (χ1n) is 31.0. The molecule has 0 aromatic heterocycles. The van der Waals surface area contributed by atoms with E-state index in [-0.39, 0.29) is 31.1 Å². The van der Waals surface area contributed by atoms with Crippen molar-refractivity contribution in [2.45, 2.75) is 341 Å². The SMILES string of the molecule is CCCCCCC/C=C\C/C=C\C/C=C\CCCCCCCCCCC(=O)OCC(COC(=O)CCCCCCCCCCCCCCC)OC(=O)CCCCCCCCCCCCCCCCCC. The summed E-state index contributed by atoms with van der Waals surface area (Å²) in [5.41, 5.74) is 0. The van der Waals surface area contributed by atoms with Crippen LogP contribution in [0.5, 0.6) is 0 Å². The third-order valence-electron chi connectivity index (χ3n) is 13.9. The van der Waals surface area contributed by atoms with Crippen molar-refractivity contribution in [2.75, 3.05) is 13.2 Å². The van der Waals surface area contributed by atoms with Crippen LogP contribution in [0, 0.1) is 0 Å². The van der Waals surface area contributed by atoms with Gasteiger partial charge in [-0.05, 0) is 57.8 Å². The Balaban J connectivity index is 4.29. The number of carbonyl (C=O) groups excluding carboxylic acids is 3. The minimum Gasteiger partial charge on any atom is -0.462 e. The van der Waals surface area contributed by atoms with Gasteiger partial charge in [0.2, 0.25) is 0 Å². The number of unbranched alkanes of at least 4 members (excludes halogenated alkanes) is 40. The van der Waals surface area contributed by atoms with Crippen molar-refractivity contribution in [3.05, 3.63) is 36.5 Å². The molecule has 0 rings (SSSR count). The van der Waals surface area contributed by atoms with Gasteiger partial charge in [-0.15, -0.1) is 0 Å². The normalized spacial score (nSPS) is 12.2. The summed E-state index contributed by atoms with van der Waals surface area (Å²) in [6.07, 6.45) is 71.4. The van der Waals surface area contributed by atoms with Crippen LogP contribution in [-0.2, 0) is 28.6 Å². The van der Waals surface area contributed by atoms with Crippen LogP contribution in [-0.4, -0.2) is 37.2 Å². The van der Waals surface area contributed by atoms with Crippen LogP contribution in [0.25, 0.3) is 0 Å². The Kier molecular flexibility index (Phi) is 57.2. The lowest BCUT2D eigenvalue weighted by Crippen LogP contribution is -2.30. The van der Waals surface area contributed by atoms with Gasteiger partial charge in [0.1, 0.15) is 13.2 Å². The highest BCUT2D eigenvalue weighted by atomic mass is 16.6. The maximum atomic E-state index is 12.9. The summed E-state index contributed by atoms with van der Waals surface area (Å²) < 4.78 is 16.9. The number of carbonyl (C=O) groups is 3. The Bertz CT molecular complexity index is 1170. The zero-order valence-electron chi connectivity index (χ0n) is 47.1. The molecule has 0 saturated carbocycles. The molecule has 0 aromatic rings. The average molecular weight is 984 g/mol. The Labute approximate surface area is 435 Å². The molecule has 6 heteroatoms. The highest BCUT2D eigenvalue weighted by Gasteiger charge is 2.19. The molecule has 0 saturated heterocycles. The molecule has 0 spiro atoms. The van der Waals surface area contributed by atoms with Crippen LogP contribution in [0.3, 0.4) is 0 Å². The molecule has 1 atom stereocenters. The average Bonchev–Trinajstić information content (AvgIpc) is 3.36. The highest BCUT2D eigenvalue weighted by molar-refractivity contribution is 5.71. The topological polar surface area (TPSA) is 78.9 Å². The number of rotatable bonds is 57. The van der Waals surface area contributed by atoms with Gasteiger partial charge >= 0.3 is 17.9 Å². The largest absolute Gasteiger partial charge is 0.462 e. The highest BCUT2D eigenvalue weighted by Crippen LogP contribution is 2.17. The van der Waals surface area contributed by atoms with E-state index in [2.05, 4.69) is 57.2 Å². The fourth-order valence-corrected chi connectivity index (χ4v) is 9.22. The van der Waals surface area contributed by atoms with E-state index in [1.54, 1.807) is 0 Å². The van der Waals surface area contributed by atoms with E-state index in [0.717, 1.165) is 77.0 Å². The Hall–Kier alpha value is -2.37. The van der Waals surface area contributed by atoms with Gasteiger partial charge < -0.3 is 14.2 Å². The van der Waals surface area contributed by atoms with Gasteiger partial charge in [-0.1, -0.05) is 295 Å². The quantitative estimate of drug-likeness (QED) is 0.0261. The minimum absolute atomic E-state index is 0.0691. The summed E-state index contributed by atoms with van der Waals surface area (Å²) in [4.78, 5) is 38.2. The maximum absolute atomic E-state index is 12.9. The van der Waals surface area contributed by atoms with Crippen LogP contribution in [0.1, 0.15) is 335 Å². The van der Waals surface area contributed by atoms with Crippen LogP contribution in [0.2, 0.25) is 0 Å². The van der Waals surface area contributed by atoms with Crippen molar-refractivity contribution in [3.8, 4) is 0 Å².